The summed E-state index contributed by atoms with van der Waals surface area (Å²) in [4.78, 5) is 27.4. The first-order valence-electron chi connectivity index (χ1n) is 5.68. The molecule has 0 spiro atoms. The second kappa shape index (κ2) is 4.07. The molecule has 90 valence electrons. The molecule has 3 aliphatic heterocycles. The molecule has 0 aromatic heterocycles. The monoisotopic (exact) mass is 297 g/mol. The Morgan fingerprint density at radius 1 is 1.24 bits per heavy atom. The lowest BCUT2D eigenvalue weighted by Crippen LogP contribution is -2.35. The van der Waals surface area contributed by atoms with E-state index in [-0.39, 0.29) is 35.9 Å². The van der Waals surface area contributed by atoms with E-state index in [0.717, 1.165) is 0 Å². The Morgan fingerprint density at radius 2 is 1.82 bits per heavy atom. The molecule has 3 aliphatic rings. The number of carbonyl (C=O) groups is 2. The van der Waals surface area contributed by atoms with Crippen LogP contribution < -0.4 is 0 Å². The molecule has 0 aliphatic carbocycles. The Kier molecular flexibility index (Phi) is 2.67. The van der Waals surface area contributed by atoms with Crippen LogP contribution in [0.25, 0.3) is 0 Å². The van der Waals surface area contributed by atoms with Crippen LogP contribution in [0.15, 0.2) is 23.2 Å². The van der Waals surface area contributed by atoms with Crippen LogP contribution in [-0.2, 0) is 14.3 Å². The Bertz CT molecular complexity index is 401. The predicted molar refractivity (Wildman–Crippen MR) is 64.2 cm³/mol. The second-order valence-corrected chi connectivity index (χ2v) is 5.01. The van der Waals surface area contributed by atoms with Gasteiger partial charge in [0.25, 0.3) is 0 Å². The fourth-order valence-corrected chi connectivity index (χ4v) is 3.12. The van der Waals surface area contributed by atoms with Crippen molar-refractivity contribution in [3.05, 3.63) is 23.2 Å². The summed E-state index contributed by atoms with van der Waals surface area (Å²) < 4.78 is 5.55. The molecular weight excluding hydrogens is 286 g/mol. The van der Waals surface area contributed by atoms with Gasteiger partial charge in [-0.2, -0.15) is 0 Å². The third kappa shape index (κ3) is 1.52. The maximum Gasteiger partial charge on any atom is 0.236 e. The van der Waals surface area contributed by atoms with Crippen molar-refractivity contribution < 1.29 is 14.3 Å². The quantitative estimate of drug-likeness (QED) is 0.581. The van der Waals surface area contributed by atoms with Crippen LogP contribution in [0, 0.1) is 11.8 Å². The Morgan fingerprint density at radius 3 is 2.35 bits per heavy atom. The average Bonchev–Trinajstić information content (AvgIpc) is 2.97. The average molecular weight is 298 g/mol. The van der Waals surface area contributed by atoms with Crippen molar-refractivity contribution in [2.75, 3.05) is 6.54 Å². The van der Waals surface area contributed by atoms with Gasteiger partial charge in [-0.05, 0) is 11.4 Å². The van der Waals surface area contributed by atoms with Gasteiger partial charge in [0, 0.05) is 6.54 Å². The number of hydrogen-bond acceptors (Lipinski definition) is 3. The summed E-state index contributed by atoms with van der Waals surface area (Å²) in [6.07, 6.45) is 6.01. The second-order valence-electron chi connectivity index (χ2n) is 4.48. The summed E-state index contributed by atoms with van der Waals surface area (Å²) in [5, 5.41) is 0. The molecule has 5 heteroatoms. The van der Waals surface area contributed by atoms with Crippen LogP contribution in [-0.4, -0.2) is 35.5 Å². The molecule has 3 rings (SSSR count). The van der Waals surface area contributed by atoms with E-state index < -0.39 is 0 Å². The van der Waals surface area contributed by atoms with Gasteiger partial charge < -0.3 is 4.74 Å². The maximum atomic E-state index is 12.1. The standard InChI is InChI=1S/C12H12BrNO3/c13-5-1-2-6-14-11(15)9-7-3-4-8(17-7)10(9)12(14)16/h1,3-5,7-10H,2,6H2/b5-1+. The zero-order chi connectivity index (χ0) is 12.0. The molecule has 4 atom stereocenters. The highest BCUT2D eigenvalue weighted by Gasteiger charge is 2.60. The summed E-state index contributed by atoms with van der Waals surface area (Å²) in [7, 11) is 0. The number of carbonyl (C=O) groups excluding carboxylic acids is 2. The van der Waals surface area contributed by atoms with Gasteiger partial charge in [0.2, 0.25) is 11.8 Å². The largest absolute Gasteiger partial charge is 0.365 e. The number of halogens is 1. The van der Waals surface area contributed by atoms with Crippen LogP contribution in [0.3, 0.4) is 0 Å². The first-order chi connectivity index (χ1) is 8.24. The lowest BCUT2D eigenvalue weighted by atomic mass is 9.85. The lowest BCUT2D eigenvalue weighted by Gasteiger charge is -2.16. The Labute approximate surface area is 107 Å². The summed E-state index contributed by atoms with van der Waals surface area (Å²) in [5.74, 6) is -0.685. The molecule has 4 unspecified atom stereocenters. The molecule has 0 aromatic rings. The van der Waals surface area contributed by atoms with Gasteiger partial charge in [0.05, 0.1) is 24.0 Å². The van der Waals surface area contributed by atoms with Crippen molar-refractivity contribution in [1.82, 2.24) is 4.90 Å². The summed E-state index contributed by atoms with van der Waals surface area (Å²) in [6.45, 7) is 0.464. The van der Waals surface area contributed by atoms with E-state index >= 15 is 0 Å². The van der Waals surface area contributed by atoms with Crippen LogP contribution >= 0.6 is 15.9 Å². The SMILES string of the molecule is O=C1C2C3C=CC(O3)C2C(=O)N1CC/C=C/Br. The van der Waals surface area contributed by atoms with Gasteiger partial charge in [0.1, 0.15) is 0 Å². The molecule has 3 heterocycles. The number of likely N-dealkylation sites (tertiary alicyclic amines) is 1. The molecule has 0 radical (unpaired) electrons. The molecule has 17 heavy (non-hydrogen) atoms. The van der Waals surface area contributed by atoms with E-state index in [1.165, 1.54) is 4.90 Å². The molecule has 4 nitrogen and oxygen atoms in total. The molecule has 0 aromatic carbocycles. The zero-order valence-corrected chi connectivity index (χ0v) is 10.7. The highest BCUT2D eigenvalue weighted by molar-refractivity contribution is 9.11. The molecule has 2 fully saturated rings. The summed E-state index contributed by atoms with van der Waals surface area (Å²) in [5.41, 5.74) is 0. The minimum Gasteiger partial charge on any atom is -0.365 e. The molecule has 2 amide bonds. The lowest BCUT2D eigenvalue weighted by molar-refractivity contribution is -0.142. The van der Waals surface area contributed by atoms with Gasteiger partial charge in [-0.15, -0.1) is 0 Å². The van der Waals surface area contributed by atoms with Gasteiger partial charge in [0.15, 0.2) is 0 Å². The van der Waals surface area contributed by atoms with Crippen molar-refractivity contribution in [2.24, 2.45) is 11.8 Å². The van der Waals surface area contributed by atoms with E-state index in [2.05, 4.69) is 15.9 Å². The number of fused-ring (bicyclic) bond motifs is 5. The molecule has 0 N–H and O–H groups in total. The number of ether oxygens (including phenoxy) is 1. The Balaban J connectivity index is 1.78. The maximum absolute atomic E-state index is 12.1. The topological polar surface area (TPSA) is 46.6 Å². The molecular formula is C12H12BrNO3. The fraction of sp³-hybridized carbons (Fsp3) is 0.500. The number of rotatable bonds is 3. The number of amides is 2. The van der Waals surface area contributed by atoms with Gasteiger partial charge in [-0.25, -0.2) is 0 Å². The number of imide groups is 1. The number of hydrogen-bond donors (Lipinski definition) is 0. The van der Waals surface area contributed by atoms with Gasteiger partial charge in [-0.3, -0.25) is 14.5 Å². The molecule has 0 saturated carbocycles. The van der Waals surface area contributed by atoms with Gasteiger partial charge >= 0.3 is 0 Å². The van der Waals surface area contributed by atoms with E-state index in [0.29, 0.717) is 13.0 Å². The summed E-state index contributed by atoms with van der Waals surface area (Å²) in [6, 6.07) is 0. The van der Waals surface area contributed by atoms with Crippen LogP contribution in [0.1, 0.15) is 6.42 Å². The van der Waals surface area contributed by atoms with E-state index in [1.807, 2.05) is 18.2 Å². The minimum absolute atomic E-state index is 0.0696. The third-order valence-electron chi connectivity index (χ3n) is 3.61. The molecule has 2 saturated heterocycles. The predicted octanol–water partition coefficient (Wildman–Crippen LogP) is 1.22. The number of nitrogens with zero attached hydrogens (tertiary/aromatic N) is 1. The minimum atomic E-state index is -0.273. The van der Waals surface area contributed by atoms with Crippen LogP contribution in [0.5, 0.6) is 0 Å². The van der Waals surface area contributed by atoms with E-state index in [9.17, 15) is 9.59 Å². The highest BCUT2D eigenvalue weighted by Crippen LogP contribution is 2.44. The first kappa shape index (κ1) is 11.2. The van der Waals surface area contributed by atoms with Crippen molar-refractivity contribution in [3.63, 3.8) is 0 Å². The molecule has 2 bridgehead atoms. The smallest absolute Gasteiger partial charge is 0.236 e. The first-order valence-corrected chi connectivity index (χ1v) is 6.60. The van der Waals surface area contributed by atoms with E-state index in [1.54, 1.807) is 4.99 Å². The van der Waals surface area contributed by atoms with Crippen LogP contribution in [0.4, 0.5) is 0 Å². The van der Waals surface area contributed by atoms with Crippen molar-refractivity contribution in [3.8, 4) is 0 Å². The van der Waals surface area contributed by atoms with E-state index in [4.69, 9.17) is 4.74 Å². The van der Waals surface area contributed by atoms with Crippen molar-refractivity contribution >= 4 is 27.7 Å². The highest BCUT2D eigenvalue weighted by atomic mass is 79.9. The van der Waals surface area contributed by atoms with Crippen molar-refractivity contribution in [1.29, 1.82) is 0 Å². The van der Waals surface area contributed by atoms with Crippen LogP contribution in [0.2, 0.25) is 0 Å². The summed E-state index contributed by atoms with van der Waals surface area (Å²) >= 11 is 3.17. The third-order valence-corrected chi connectivity index (χ3v) is 3.98. The zero-order valence-electron chi connectivity index (χ0n) is 9.08. The Hall–Kier alpha value is -0.940. The fourth-order valence-electron chi connectivity index (χ4n) is 2.85. The normalized spacial score (nSPS) is 38.8. The van der Waals surface area contributed by atoms with Crippen molar-refractivity contribution in [2.45, 2.75) is 18.6 Å². The van der Waals surface area contributed by atoms with Gasteiger partial charge in [-0.1, -0.05) is 34.2 Å².